The average Bonchev–Trinajstić information content (AvgIpc) is 2.58. The van der Waals surface area contributed by atoms with Crippen molar-refractivity contribution >= 4 is 10.1 Å². The van der Waals surface area contributed by atoms with Crippen LogP contribution in [-0.2, 0) is 10.1 Å². The molecule has 0 aliphatic rings. The standard InChI is InChI=1S/C10HF21O3S/c11-1(12,3(15,16)5(19,20)7(23,24)9(27,28)29)2(13,14)4(17,18)6(21,22)8(25,26)10(30,31)35(32,33)34/h(H,32,33,34)/p-1. The lowest BCUT2D eigenvalue weighted by Gasteiger charge is -2.44. The SMILES string of the molecule is O=S(=O)([O-])C(F)(F)C(F)(F)C(F)(F)C(F)(F)C(F)(F)C(F)(F)C(F)(F)C(F)(F)C(F)(F)C(F)(F)F. The first-order valence-electron chi connectivity index (χ1n) is 6.92. The highest BCUT2D eigenvalue weighted by atomic mass is 32.2. The number of halogens is 21. The summed E-state index contributed by atoms with van der Waals surface area (Å²) in [6.07, 6.45) is -8.09. The van der Waals surface area contributed by atoms with Crippen LogP contribution in [0.3, 0.4) is 0 Å². The smallest absolute Gasteiger partial charge is 0.460 e. The molecular formula is C10F21O3S-. The maximum absolute atomic E-state index is 13.3. The van der Waals surface area contributed by atoms with Crippen molar-refractivity contribution in [2.24, 2.45) is 0 Å². The first-order valence-corrected chi connectivity index (χ1v) is 8.33. The van der Waals surface area contributed by atoms with Gasteiger partial charge in [0.2, 0.25) is 0 Å². The van der Waals surface area contributed by atoms with Crippen LogP contribution in [0.4, 0.5) is 92.2 Å². The van der Waals surface area contributed by atoms with E-state index >= 15 is 0 Å². The van der Waals surface area contributed by atoms with Crippen molar-refractivity contribution in [2.75, 3.05) is 0 Å². The zero-order valence-electron chi connectivity index (χ0n) is 14.6. The minimum atomic E-state index is -9.40. The second kappa shape index (κ2) is 7.72. The monoisotopic (exact) mass is 599 g/mol. The molecule has 0 aliphatic heterocycles. The molecule has 0 rings (SSSR count). The molecule has 0 bridgehead atoms. The largest absolute Gasteiger partial charge is 0.743 e. The molecule has 3 nitrogen and oxygen atoms in total. The highest BCUT2D eigenvalue weighted by Crippen LogP contribution is 2.66. The minimum Gasteiger partial charge on any atom is -0.743 e. The zero-order valence-corrected chi connectivity index (χ0v) is 15.4. The summed E-state index contributed by atoms with van der Waals surface area (Å²) in [5.74, 6) is -72.8. The summed E-state index contributed by atoms with van der Waals surface area (Å²) >= 11 is 0. The molecule has 212 valence electrons. The zero-order chi connectivity index (χ0) is 29.5. The third kappa shape index (κ3) is 3.84. The lowest BCUT2D eigenvalue weighted by atomic mass is 9.87. The molecule has 0 atom stereocenters. The summed E-state index contributed by atoms with van der Waals surface area (Å²) in [6, 6.07) is 0. The van der Waals surface area contributed by atoms with Crippen molar-refractivity contribution in [3.05, 3.63) is 0 Å². The second-order valence-electron chi connectivity index (χ2n) is 6.06. The van der Waals surface area contributed by atoms with Crippen LogP contribution < -0.4 is 0 Å². The Hall–Kier alpha value is -1.56. The number of alkyl halides is 21. The summed E-state index contributed by atoms with van der Waals surface area (Å²) < 4.78 is 300. The van der Waals surface area contributed by atoms with Crippen LogP contribution >= 0.6 is 0 Å². The fourth-order valence-electron chi connectivity index (χ4n) is 1.70. The third-order valence-corrected chi connectivity index (χ3v) is 4.68. The van der Waals surface area contributed by atoms with Crippen LogP contribution in [0.15, 0.2) is 0 Å². The van der Waals surface area contributed by atoms with Gasteiger partial charge in [-0.3, -0.25) is 0 Å². The van der Waals surface area contributed by atoms with Gasteiger partial charge in [0.15, 0.2) is 10.1 Å². The lowest BCUT2D eigenvalue weighted by Crippen LogP contribution is -2.77. The van der Waals surface area contributed by atoms with Gasteiger partial charge in [0, 0.05) is 0 Å². The van der Waals surface area contributed by atoms with E-state index < -0.39 is 68.9 Å². The quantitative estimate of drug-likeness (QED) is 0.250. The lowest BCUT2D eigenvalue weighted by molar-refractivity contribution is -0.472. The van der Waals surface area contributed by atoms with Gasteiger partial charge in [-0.25, -0.2) is 8.42 Å². The Morgan fingerprint density at radius 3 is 0.686 bits per heavy atom. The van der Waals surface area contributed by atoms with Gasteiger partial charge in [-0.2, -0.15) is 92.2 Å². The molecule has 0 aliphatic carbocycles. The maximum Gasteiger partial charge on any atom is 0.460 e. The molecule has 0 aromatic heterocycles. The van der Waals surface area contributed by atoms with Gasteiger partial charge in [0.05, 0.1) is 0 Å². The van der Waals surface area contributed by atoms with Gasteiger partial charge < -0.3 is 4.55 Å². The van der Waals surface area contributed by atoms with E-state index in [1.54, 1.807) is 0 Å². The Morgan fingerprint density at radius 1 is 0.343 bits per heavy atom. The molecule has 0 amide bonds. The third-order valence-electron chi connectivity index (χ3n) is 3.80. The Balaban J connectivity index is 7.21. The van der Waals surface area contributed by atoms with Gasteiger partial charge in [0.1, 0.15) is 0 Å². The van der Waals surface area contributed by atoms with Gasteiger partial charge in [0.25, 0.3) is 0 Å². The first-order chi connectivity index (χ1) is 14.5. The van der Waals surface area contributed by atoms with Crippen molar-refractivity contribution < 1.29 is 105 Å². The van der Waals surface area contributed by atoms with Gasteiger partial charge in [-0.15, -0.1) is 0 Å². The van der Waals surface area contributed by atoms with Crippen molar-refractivity contribution in [2.45, 2.75) is 58.8 Å². The van der Waals surface area contributed by atoms with Gasteiger partial charge in [-0.1, -0.05) is 0 Å². The van der Waals surface area contributed by atoms with Crippen LogP contribution in [-0.4, -0.2) is 71.8 Å². The number of hydrogen-bond acceptors (Lipinski definition) is 3. The molecule has 0 radical (unpaired) electrons. The minimum absolute atomic E-state index is 8.09. The Labute approximate surface area is 175 Å². The normalized spacial score (nSPS) is 17.1. The van der Waals surface area contributed by atoms with Crippen LogP contribution in [0, 0.1) is 0 Å². The van der Waals surface area contributed by atoms with Gasteiger partial charge >= 0.3 is 58.8 Å². The van der Waals surface area contributed by atoms with Crippen molar-refractivity contribution in [1.82, 2.24) is 0 Å². The van der Waals surface area contributed by atoms with E-state index in [0.29, 0.717) is 0 Å². The highest BCUT2D eigenvalue weighted by molar-refractivity contribution is 7.86. The summed E-state index contributed by atoms with van der Waals surface area (Å²) in [6.45, 7) is 0. The molecule has 0 aromatic carbocycles. The molecule has 25 heteroatoms. The molecule has 0 aromatic rings. The molecule has 0 spiro atoms. The summed E-state index contributed by atoms with van der Waals surface area (Å²) in [7, 11) is -8.34. The topological polar surface area (TPSA) is 57.2 Å². The fourth-order valence-corrected chi connectivity index (χ4v) is 2.14. The Bertz CT molecular complexity index is 912. The second-order valence-corrected chi connectivity index (χ2v) is 7.48. The van der Waals surface area contributed by atoms with E-state index in [1.807, 2.05) is 0 Å². The highest BCUT2D eigenvalue weighted by Gasteiger charge is 2.98. The Kier molecular flexibility index (Phi) is 7.38. The summed E-state index contributed by atoms with van der Waals surface area (Å²) in [5.41, 5.74) is 0. The van der Waals surface area contributed by atoms with E-state index in [0.717, 1.165) is 0 Å². The van der Waals surface area contributed by atoms with E-state index in [1.165, 1.54) is 0 Å². The Morgan fingerprint density at radius 2 is 0.514 bits per heavy atom. The molecular weight excluding hydrogens is 599 g/mol. The summed E-state index contributed by atoms with van der Waals surface area (Å²) in [4.78, 5) is 0. The summed E-state index contributed by atoms with van der Waals surface area (Å²) in [5, 5.41) is -8.17. The first kappa shape index (κ1) is 33.4. The predicted octanol–water partition coefficient (Wildman–Crippen LogP) is 5.77. The van der Waals surface area contributed by atoms with Gasteiger partial charge in [-0.05, 0) is 0 Å². The molecule has 0 unspecified atom stereocenters. The van der Waals surface area contributed by atoms with Crippen LogP contribution in [0.1, 0.15) is 0 Å². The molecule has 0 heterocycles. The van der Waals surface area contributed by atoms with Crippen LogP contribution in [0.25, 0.3) is 0 Å². The number of hydrogen-bond donors (Lipinski definition) is 0. The van der Waals surface area contributed by atoms with E-state index in [2.05, 4.69) is 0 Å². The number of rotatable bonds is 9. The molecule has 0 N–H and O–H groups in total. The van der Waals surface area contributed by atoms with Crippen molar-refractivity contribution in [3.8, 4) is 0 Å². The molecule has 0 saturated carbocycles. The predicted molar refractivity (Wildman–Crippen MR) is 60.3 cm³/mol. The molecule has 35 heavy (non-hydrogen) atoms. The van der Waals surface area contributed by atoms with E-state index in [4.69, 9.17) is 0 Å². The molecule has 0 fully saturated rings. The van der Waals surface area contributed by atoms with Crippen molar-refractivity contribution in [3.63, 3.8) is 0 Å². The van der Waals surface area contributed by atoms with E-state index in [-0.39, 0.29) is 0 Å². The van der Waals surface area contributed by atoms with Crippen LogP contribution in [0.5, 0.6) is 0 Å². The van der Waals surface area contributed by atoms with E-state index in [9.17, 15) is 105 Å². The maximum atomic E-state index is 13.3. The molecule has 0 saturated heterocycles. The average molecular weight is 599 g/mol. The fraction of sp³-hybridized carbons (Fsp3) is 1.00. The van der Waals surface area contributed by atoms with Crippen LogP contribution in [0.2, 0.25) is 0 Å². The van der Waals surface area contributed by atoms with Crippen molar-refractivity contribution in [1.29, 1.82) is 0 Å².